The second-order valence-corrected chi connectivity index (χ2v) is 5.56. The van der Waals surface area contributed by atoms with Gasteiger partial charge in [-0.2, -0.15) is 0 Å². The summed E-state index contributed by atoms with van der Waals surface area (Å²) in [5.74, 6) is -3.21. The minimum atomic E-state index is -2.53. The number of carbonyl (C=O) groups is 1. The molecule has 5 nitrogen and oxygen atoms in total. The van der Waals surface area contributed by atoms with Crippen molar-refractivity contribution in [1.29, 1.82) is 0 Å². The van der Waals surface area contributed by atoms with E-state index in [2.05, 4.69) is 5.43 Å². The van der Waals surface area contributed by atoms with E-state index in [9.17, 15) is 13.6 Å². The maximum Gasteiger partial charge on any atom is 0.253 e. The van der Waals surface area contributed by atoms with E-state index in [-0.39, 0.29) is 24.5 Å². The number of hydrazine groups is 1. The van der Waals surface area contributed by atoms with Gasteiger partial charge in [0.05, 0.1) is 12.2 Å². The van der Waals surface area contributed by atoms with Gasteiger partial charge in [-0.3, -0.25) is 4.79 Å². The lowest BCUT2D eigenvalue weighted by atomic mass is 10.1. The first-order valence-electron chi connectivity index (χ1n) is 6.33. The number of amides is 1. The number of nitrogens with one attached hydrogen (secondary N) is 1. The van der Waals surface area contributed by atoms with Crippen molar-refractivity contribution in [3.05, 3.63) is 0 Å². The molecule has 0 radical (unpaired) electrons. The minimum Gasteiger partial charge on any atom is -0.327 e. The number of nitrogens with two attached hydrogens (primary N) is 1. The van der Waals surface area contributed by atoms with Crippen molar-refractivity contribution in [1.82, 2.24) is 15.3 Å². The molecule has 1 amide bonds. The molecule has 0 spiro atoms. The molecule has 2 aliphatic heterocycles. The summed E-state index contributed by atoms with van der Waals surface area (Å²) in [6, 6.07) is -0.710. The summed E-state index contributed by atoms with van der Waals surface area (Å²) in [7, 11) is 1.69. The highest BCUT2D eigenvalue weighted by Crippen LogP contribution is 2.52. The predicted molar refractivity (Wildman–Crippen MR) is 60.5 cm³/mol. The van der Waals surface area contributed by atoms with Gasteiger partial charge in [0.1, 0.15) is 0 Å². The lowest BCUT2D eigenvalue weighted by Crippen LogP contribution is -2.48. The molecule has 2 saturated heterocycles. The summed E-state index contributed by atoms with van der Waals surface area (Å²) < 4.78 is 26.2. The highest BCUT2D eigenvalue weighted by atomic mass is 19.3. The number of nitrogens with zero attached hydrogens (tertiary/aromatic N) is 2. The Morgan fingerprint density at radius 2 is 2.17 bits per heavy atom. The van der Waals surface area contributed by atoms with Crippen LogP contribution in [0.5, 0.6) is 0 Å². The molecule has 0 aromatic rings. The van der Waals surface area contributed by atoms with Crippen molar-refractivity contribution in [2.75, 3.05) is 13.6 Å². The molecule has 18 heavy (non-hydrogen) atoms. The minimum absolute atomic E-state index is 0.0393. The van der Waals surface area contributed by atoms with Gasteiger partial charge in [-0.05, 0) is 12.8 Å². The smallest absolute Gasteiger partial charge is 0.253 e. The van der Waals surface area contributed by atoms with Gasteiger partial charge < -0.3 is 10.6 Å². The summed E-state index contributed by atoms with van der Waals surface area (Å²) in [6.45, 7) is 0.622. The number of halogens is 2. The Morgan fingerprint density at radius 1 is 1.50 bits per heavy atom. The van der Waals surface area contributed by atoms with Crippen molar-refractivity contribution >= 4 is 5.91 Å². The van der Waals surface area contributed by atoms with E-state index in [1.807, 2.05) is 5.01 Å². The maximum atomic E-state index is 13.1. The van der Waals surface area contributed by atoms with Crippen molar-refractivity contribution < 1.29 is 13.6 Å². The van der Waals surface area contributed by atoms with Gasteiger partial charge in [-0.25, -0.2) is 19.2 Å². The molecule has 3 fully saturated rings. The van der Waals surface area contributed by atoms with Crippen LogP contribution in [0.1, 0.15) is 19.3 Å². The monoisotopic (exact) mass is 260 g/mol. The highest BCUT2D eigenvalue weighted by molar-refractivity contribution is 5.81. The Hall–Kier alpha value is -0.790. The summed E-state index contributed by atoms with van der Waals surface area (Å²) >= 11 is 0. The van der Waals surface area contributed by atoms with Gasteiger partial charge >= 0.3 is 0 Å². The molecule has 1 aliphatic carbocycles. The van der Waals surface area contributed by atoms with Crippen LogP contribution in [0.3, 0.4) is 0 Å². The molecule has 0 aromatic carbocycles. The largest absolute Gasteiger partial charge is 0.327 e. The SMILES string of the molecule is CN1C(=O)C(N)CCN2N[C@@H]([C@H]3CC3(F)F)CC21. The third kappa shape index (κ3) is 1.81. The van der Waals surface area contributed by atoms with Gasteiger partial charge in [0.2, 0.25) is 5.91 Å². The Kier molecular flexibility index (Phi) is 2.62. The van der Waals surface area contributed by atoms with Gasteiger partial charge in [-0.1, -0.05) is 0 Å². The lowest BCUT2D eigenvalue weighted by Gasteiger charge is -2.28. The maximum absolute atomic E-state index is 13.1. The van der Waals surface area contributed by atoms with Crippen molar-refractivity contribution in [2.45, 2.75) is 43.4 Å². The fraction of sp³-hybridized carbons (Fsp3) is 0.909. The average molecular weight is 260 g/mol. The topological polar surface area (TPSA) is 61.6 Å². The second-order valence-electron chi connectivity index (χ2n) is 5.56. The van der Waals surface area contributed by atoms with Crippen molar-refractivity contribution in [2.24, 2.45) is 11.7 Å². The first kappa shape index (κ1) is 12.3. The number of carbonyl (C=O) groups excluding carboxylic acids is 1. The quantitative estimate of drug-likeness (QED) is 0.681. The molecule has 0 bridgehead atoms. The molecule has 3 N–H and O–H groups in total. The van der Waals surface area contributed by atoms with E-state index in [0.29, 0.717) is 19.4 Å². The molecule has 2 unspecified atom stereocenters. The first-order chi connectivity index (χ1) is 8.40. The fourth-order valence-corrected chi connectivity index (χ4v) is 3.02. The molecule has 0 aromatic heterocycles. The van der Waals surface area contributed by atoms with Gasteiger partial charge in [0, 0.05) is 32.0 Å². The number of rotatable bonds is 1. The first-order valence-corrected chi connectivity index (χ1v) is 6.33. The van der Waals surface area contributed by atoms with Crippen molar-refractivity contribution in [3.8, 4) is 0 Å². The second kappa shape index (κ2) is 3.85. The third-order valence-corrected chi connectivity index (χ3v) is 4.31. The van der Waals surface area contributed by atoms with Crippen LogP contribution in [0.4, 0.5) is 8.78 Å². The number of hydrogen-bond acceptors (Lipinski definition) is 4. The summed E-state index contributed by atoms with van der Waals surface area (Å²) in [5, 5.41) is 1.89. The van der Waals surface area contributed by atoms with Crippen LogP contribution in [-0.4, -0.2) is 53.6 Å². The van der Waals surface area contributed by atoms with Crippen molar-refractivity contribution in [3.63, 3.8) is 0 Å². The van der Waals surface area contributed by atoms with Gasteiger partial charge in [-0.15, -0.1) is 0 Å². The van der Waals surface area contributed by atoms with Crippen LogP contribution in [0.2, 0.25) is 0 Å². The average Bonchev–Trinajstić information content (AvgIpc) is 2.81. The molecule has 3 aliphatic rings. The highest BCUT2D eigenvalue weighted by Gasteiger charge is 2.62. The normalized spacial score (nSPS) is 43.8. The lowest BCUT2D eigenvalue weighted by molar-refractivity contribution is -0.134. The van der Waals surface area contributed by atoms with Crippen LogP contribution < -0.4 is 11.2 Å². The molecule has 3 rings (SSSR count). The molecular weight excluding hydrogens is 242 g/mol. The van der Waals surface area contributed by atoms with E-state index < -0.39 is 17.9 Å². The number of fused-ring (bicyclic) bond motifs is 1. The predicted octanol–water partition coefficient (Wildman–Crippen LogP) is -0.264. The number of likely N-dealkylation sites (N-methyl/N-ethyl adjacent to an activating group) is 1. The summed E-state index contributed by atoms with van der Waals surface area (Å²) in [6.07, 6.45) is 0.922. The Morgan fingerprint density at radius 3 is 2.78 bits per heavy atom. The van der Waals surface area contributed by atoms with Crippen LogP contribution in [0, 0.1) is 5.92 Å². The van der Waals surface area contributed by atoms with E-state index in [0.717, 1.165) is 0 Å². The van der Waals surface area contributed by atoms with E-state index in [1.165, 1.54) is 0 Å². The fourth-order valence-electron chi connectivity index (χ4n) is 3.02. The molecule has 4 atom stereocenters. The zero-order valence-corrected chi connectivity index (χ0v) is 10.3. The molecular formula is C11H18F2N4O. The molecule has 102 valence electrons. The van der Waals surface area contributed by atoms with E-state index >= 15 is 0 Å². The molecule has 7 heteroatoms. The zero-order valence-electron chi connectivity index (χ0n) is 10.3. The van der Waals surface area contributed by atoms with Crippen LogP contribution >= 0.6 is 0 Å². The summed E-state index contributed by atoms with van der Waals surface area (Å²) in [4.78, 5) is 13.5. The van der Waals surface area contributed by atoms with Gasteiger partial charge in [0.15, 0.2) is 0 Å². The molecule has 1 saturated carbocycles. The summed E-state index contributed by atoms with van der Waals surface area (Å²) in [5.41, 5.74) is 8.88. The van der Waals surface area contributed by atoms with E-state index in [1.54, 1.807) is 11.9 Å². The number of alkyl halides is 2. The van der Waals surface area contributed by atoms with Gasteiger partial charge in [0.25, 0.3) is 5.92 Å². The van der Waals surface area contributed by atoms with E-state index in [4.69, 9.17) is 5.73 Å². The van der Waals surface area contributed by atoms with Crippen LogP contribution in [0.15, 0.2) is 0 Å². The van der Waals surface area contributed by atoms with Crippen LogP contribution in [-0.2, 0) is 4.79 Å². The third-order valence-electron chi connectivity index (χ3n) is 4.31. The van der Waals surface area contributed by atoms with Crippen LogP contribution in [0.25, 0.3) is 0 Å². The molecule has 2 heterocycles. The Labute approximate surface area is 104 Å². The standard InChI is InChI=1S/C11H18F2N4O/c1-16-9-4-8(6-5-11(6,12)13)15-17(9)3-2-7(14)10(16)18/h6-9,15H,2-5,14H2,1H3/t6-,7?,8-,9?/m1/s1. The Bertz CT molecular complexity index is 378. The Balaban J connectivity index is 1.72. The zero-order chi connectivity index (χ0) is 13.1. The number of hydrogen-bond donors (Lipinski definition) is 2.